The molecule has 1 aromatic carbocycles. The van der Waals surface area contributed by atoms with Gasteiger partial charge in [-0.15, -0.1) is 11.3 Å². The zero-order valence-corrected chi connectivity index (χ0v) is 16.7. The summed E-state index contributed by atoms with van der Waals surface area (Å²) < 4.78 is 11.7. The topological polar surface area (TPSA) is 67.8 Å². The molecule has 146 valence electrons. The first kappa shape index (κ1) is 19.7. The number of fused-ring (bicyclic) bond motifs is 1. The maximum Gasteiger partial charge on any atom is 0.257 e. The van der Waals surface area contributed by atoms with Crippen LogP contribution in [0.2, 0.25) is 0 Å². The predicted octanol–water partition coefficient (Wildman–Crippen LogP) is 3.51. The molecule has 1 atom stereocenters. The Morgan fingerprint density at radius 2 is 2.19 bits per heavy atom. The Bertz CT molecular complexity index is 758. The van der Waals surface area contributed by atoms with Crippen LogP contribution in [0.15, 0.2) is 35.7 Å². The summed E-state index contributed by atoms with van der Waals surface area (Å²) in [5.41, 5.74) is 0.869. The van der Waals surface area contributed by atoms with Crippen molar-refractivity contribution in [3.8, 4) is 11.5 Å². The Labute approximate surface area is 164 Å². The molecule has 0 aliphatic carbocycles. The van der Waals surface area contributed by atoms with E-state index in [1.165, 1.54) is 4.88 Å². The quantitative estimate of drug-likeness (QED) is 0.689. The number of rotatable bonds is 9. The zero-order valence-electron chi connectivity index (χ0n) is 15.9. The lowest BCUT2D eigenvalue weighted by Crippen LogP contribution is -2.30. The number of aliphatic hydroxyl groups is 1. The van der Waals surface area contributed by atoms with E-state index in [2.05, 4.69) is 11.4 Å². The molecule has 2 N–H and O–H groups in total. The lowest BCUT2D eigenvalue weighted by molar-refractivity contribution is -0.123. The average Bonchev–Trinajstić information content (AvgIpc) is 3.25. The molecule has 1 aromatic heterocycles. The van der Waals surface area contributed by atoms with Gasteiger partial charge in [-0.1, -0.05) is 18.2 Å². The van der Waals surface area contributed by atoms with Gasteiger partial charge in [-0.2, -0.15) is 0 Å². The van der Waals surface area contributed by atoms with Crippen molar-refractivity contribution >= 4 is 17.2 Å². The lowest BCUT2D eigenvalue weighted by atomic mass is 10.00. The van der Waals surface area contributed by atoms with Crippen molar-refractivity contribution in [3.05, 3.63) is 46.2 Å². The zero-order chi connectivity index (χ0) is 19.3. The van der Waals surface area contributed by atoms with Gasteiger partial charge >= 0.3 is 0 Å². The number of benzene rings is 1. The van der Waals surface area contributed by atoms with E-state index in [0.717, 1.165) is 24.2 Å². The van der Waals surface area contributed by atoms with Crippen LogP contribution in [0.1, 0.15) is 43.0 Å². The first-order chi connectivity index (χ1) is 13.0. The van der Waals surface area contributed by atoms with Gasteiger partial charge in [0.2, 0.25) is 0 Å². The number of hydrogen-bond acceptors (Lipinski definition) is 5. The molecule has 0 spiro atoms. The van der Waals surface area contributed by atoms with Gasteiger partial charge in [0.25, 0.3) is 5.91 Å². The minimum absolute atomic E-state index is 0.0378. The van der Waals surface area contributed by atoms with Crippen molar-refractivity contribution in [3.63, 3.8) is 0 Å². The van der Waals surface area contributed by atoms with Gasteiger partial charge in [-0.05, 0) is 50.1 Å². The van der Waals surface area contributed by atoms with Crippen molar-refractivity contribution < 1.29 is 19.4 Å². The highest BCUT2D eigenvalue weighted by molar-refractivity contribution is 7.10. The van der Waals surface area contributed by atoms with Crippen molar-refractivity contribution in [2.24, 2.45) is 0 Å². The normalized spacial score (nSPS) is 15.7. The molecule has 2 aromatic rings. The summed E-state index contributed by atoms with van der Waals surface area (Å²) in [7, 11) is 0. The molecule has 0 radical (unpaired) electrons. The van der Waals surface area contributed by atoms with Crippen LogP contribution >= 0.6 is 11.3 Å². The molecule has 0 fully saturated rings. The van der Waals surface area contributed by atoms with E-state index in [1.54, 1.807) is 11.3 Å². The van der Waals surface area contributed by atoms with E-state index in [0.29, 0.717) is 18.7 Å². The van der Waals surface area contributed by atoms with E-state index in [4.69, 9.17) is 9.47 Å². The van der Waals surface area contributed by atoms with Gasteiger partial charge in [0, 0.05) is 30.0 Å². The van der Waals surface area contributed by atoms with Gasteiger partial charge in [-0.3, -0.25) is 4.79 Å². The van der Waals surface area contributed by atoms with E-state index >= 15 is 0 Å². The highest BCUT2D eigenvalue weighted by Gasteiger charge is 2.32. The Morgan fingerprint density at radius 1 is 1.33 bits per heavy atom. The van der Waals surface area contributed by atoms with Crippen molar-refractivity contribution in [2.45, 2.75) is 44.6 Å². The van der Waals surface area contributed by atoms with Crippen molar-refractivity contribution in [1.29, 1.82) is 0 Å². The Kier molecular flexibility index (Phi) is 6.39. The summed E-state index contributed by atoms with van der Waals surface area (Å²) in [6.45, 7) is 4.75. The fourth-order valence-electron chi connectivity index (χ4n) is 3.39. The van der Waals surface area contributed by atoms with Crippen LogP contribution in [-0.2, 0) is 11.2 Å². The number of carbonyl (C=O) groups is 1. The van der Waals surface area contributed by atoms with Crippen LogP contribution in [0.3, 0.4) is 0 Å². The number of para-hydroxylation sites is 1. The second kappa shape index (κ2) is 8.76. The van der Waals surface area contributed by atoms with Gasteiger partial charge < -0.3 is 19.9 Å². The molecule has 1 aliphatic rings. The highest BCUT2D eigenvalue weighted by atomic mass is 32.1. The second-order valence-corrected chi connectivity index (χ2v) is 8.41. The summed E-state index contributed by atoms with van der Waals surface area (Å²) in [5.74, 6) is 1.48. The number of nitrogens with one attached hydrogen (secondary N) is 1. The molecule has 1 amide bonds. The van der Waals surface area contributed by atoms with E-state index in [-0.39, 0.29) is 30.6 Å². The third kappa shape index (κ3) is 5.23. The fraction of sp³-hybridized carbons (Fsp3) is 0.476. The SMILES string of the molecule is CC1(C)Cc2cccc(OCC(=O)NCC[C@@H](CCO)c3cccs3)c2O1. The van der Waals surface area contributed by atoms with Crippen molar-refractivity contribution in [2.75, 3.05) is 19.8 Å². The Balaban J connectivity index is 1.46. The first-order valence-corrected chi connectivity index (χ1v) is 10.2. The summed E-state index contributed by atoms with van der Waals surface area (Å²) in [4.78, 5) is 13.4. The number of thiophene rings is 1. The van der Waals surface area contributed by atoms with E-state index < -0.39 is 0 Å². The number of aliphatic hydroxyl groups excluding tert-OH is 1. The molecule has 2 heterocycles. The van der Waals surface area contributed by atoms with Crippen LogP contribution in [-0.4, -0.2) is 36.4 Å². The van der Waals surface area contributed by atoms with Gasteiger partial charge in [-0.25, -0.2) is 0 Å². The van der Waals surface area contributed by atoms with E-state index in [1.807, 2.05) is 43.5 Å². The summed E-state index contributed by atoms with van der Waals surface area (Å²) in [6.07, 6.45) is 2.34. The molecule has 0 saturated heterocycles. The highest BCUT2D eigenvalue weighted by Crippen LogP contribution is 2.41. The minimum Gasteiger partial charge on any atom is -0.483 e. The number of hydrogen-bond donors (Lipinski definition) is 2. The van der Waals surface area contributed by atoms with Gasteiger partial charge in [0.15, 0.2) is 18.1 Å². The molecular weight excluding hydrogens is 362 g/mol. The lowest BCUT2D eigenvalue weighted by Gasteiger charge is -2.18. The Hall–Kier alpha value is -2.05. The molecule has 6 heteroatoms. The third-order valence-electron chi connectivity index (χ3n) is 4.65. The molecular formula is C21H27NO4S. The molecule has 0 unspecified atom stereocenters. The number of carbonyl (C=O) groups excluding carboxylic acids is 1. The average molecular weight is 390 g/mol. The maximum atomic E-state index is 12.1. The molecule has 5 nitrogen and oxygen atoms in total. The third-order valence-corrected chi connectivity index (χ3v) is 5.69. The molecule has 3 rings (SSSR count). The number of ether oxygens (including phenoxy) is 2. The van der Waals surface area contributed by atoms with Crippen LogP contribution in [0.25, 0.3) is 0 Å². The van der Waals surface area contributed by atoms with Crippen LogP contribution in [0.5, 0.6) is 11.5 Å². The van der Waals surface area contributed by atoms with Crippen LogP contribution < -0.4 is 14.8 Å². The standard InChI is InChI=1S/C21H27NO4S/c1-21(2)13-16-5-3-6-17(20(16)26-21)25-14-19(24)22-10-8-15(9-11-23)18-7-4-12-27-18/h3-7,12,15,23H,8-11,13-14H2,1-2H3,(H,22,24)/t15-/m0/s1. The number of amides is 1. The Morgan fingerprint density at radius 3 is 2.93 bits per heavy atom. The molecule has 0 saturated carbocycles. The van der Waals surface area contributed by atoms with Gasteiger partial charge in [0.1, 0.15) is 5.60 Å². The maximum absolute atomic E-state index is 12.1. The van der Waals surface area contributed by atoms with Gasteiger partial charge in [0.05, 0.1) is 0 Å². The minimum atomic E-state index is -0.242. The molecule has 27 heavy (non-hydrogen) atoms. The molecule has 1 aliphatic heterocycles. The van der Waals surface area contributed by atoms with E-state index in [9.17, 15) is 9.90 Å². The molecule has 0 bridgehead atoms. The first-order valence-electron chi connectivity index (χ1n) is 9.33. The second-order valence-electron chi connectivity index (χ2n) is 7.43. The summed E-state index contributed by atoms with van der Waals surface area (Å²) in [6, 6.07) is 9.88. The predicted molar refractivity (Wildman–Crippen MR) is 107 cm³/mol. The van der Waals surface area contributed by atoms with Crippen LogP contribution in [0, 0.1) is 0 Å². The smallest absolute Gasteiger partial charge is 0.257 e. The summed E-state index contributed by atoms with van der Waals surface area (Å²) in [5, 5.41) is 14.2. The fourth-order valence-corrected chi connectivity index (χ4v) is 4.29. The summed E-state index contributed by atoms with van der Waals surface area (Å²) >= 11 is 1.69. The largest absolute Gasteiger partial charge is 0.483 e. The monoisotopic (exact) mass is 389 g/mol. The van der Waals surface area contributed by atoms with Crippen LogP contribution in [0.4, 0.5) is 0 Å². The van der Waals surface area contributed by atoms with Crippen molar-refractivity contribution in [1.82, 2.24) is 5.32 Å².